The Hall–Kier alpha value is -2.20. The summed E-state index contributed by atoms with van der Waals surface area (Å²) in [5.41, 5.74) is 0.619. The van der Waals surface area contributed by atoms with Crippen molar-refractivity contribution in [1.29, 1.82) is 0 Å². The summed E-state index contributed by atoms with van der Waals surface area (Å²) in [5.74, 6) is -0.0853. The van der Waals surface area contributed by atoms with Gasteiger partial charge in [-0.1, -0.05) is 24.3 Å². The molecule has 0 spiro atoms. The van der Waals surface area contributed by atoms with E-state index in [0.29, 0.717) is 5.56 Å². The lowest BCUT2D eigenvalue weighted by Crippen LogP contribution is -2.26. The lowest BCUT2D eigenvalue weighted by atomic mass is 10.1. The number of benzene rings is 1. The molecule has 0 fully saturated rings. The summed E-state index contributed by atoms with van der Waals surface area (Å²) in [4.78, 5) is 19.1. The van der Waals surface area contributed by atoms with E-state index in [4.69, 9.17) is 0 Å². The van der Waals surface area contributed by atoms with Gasteiger partial charge in [-0.3, -0.25) is 9.78 Å². The predicted octanol–water partition coefficient (Wildman–Crippen LogP) is 4.10. The summed E-state index contributed by atoms with van der Waals surface area (Å²) in [6, 6.07) is 11.9. The number of fused-ring (bicyclic) bond motifs is 1. The molecule has 1 unspecified atom stereocenters. The quantitative estimate of drug-likeness (QED) is 0.790. The lowest BCUT2D eigenvalue weighted by Gasteiger charge is -2.13. The van der Waals surface area contributed by atoms with Gasteiger partial charge >= 0.3 is 0 Å². The van der Waals surface area contributed by atoms with Gasteiger partial charge in [0.25, 0.3) is 5.91 Å². The molecule has 3 aromatic rings. The van der Waals surface area contributed by atoms with Crippen LogP contribution in [0.5, 0.6) is 0 Å². The van der Waals surface area contributed by atoms with Crippen LogP contribution in [0.1, 0.15) is 33.1 Å². The Balaban J connectivity index is 1.87. The Kier molecular flexibility index (Phi) is 3.71. The molecule has 0 saturated carbocycles. The predicted molar refractivity (Wildman–Crippen MR) is 86.7 cm³/mol. The molecule has 1 atom stereocenters. The minimum absolute atomic E-state index is 0.00447. The SMILES string of the molecule is Cc1ccc(C(C)NC(=O)c2cncc3ccccc23)s1. The van der Waals surface area contributed by atoms with Crippen molar-refractivity contribution in [2.24, 2.45) is 0 Å². The fourth-order valence-corrected chi connectivity index (χ4v) is 3.21. The Morgan fingerprint density at radius 3 is 2.76 bits per heavy atom. The first-order valence-corrected chi connectivity index (χ1v) is 7.67. The maximum atomic E-state index is 12.5. The highest BCUT2D eigenvalue weighted by molar-refractivity contribution is 7.12. The van der Waals surface area contributed by atoms with Gasteiger partial charge in [-0.05, 0) is 31.4 Å². The lowest BCUT2D eigenvalue weighted by molar-refractivity contribution is 0.0942. The van der Waals surface area contributed by atoms with E-state index < -0.39 is 0 Å². The van der Waals surface area contributed by atoms with Crippen LogP contribution in [0, 0.1) is 6.92 Å². The van der Waals surface area contributed by atoms with Crippen molar-refractivity contribution in [3.8, 4) is 0 Å². The molecule has 1 amide bonds. The zero-order valence-electron chi connectivity index (χ0n) is 12.0. The number of nitrogens with zero attached hydrogens (tertiary/aromatic N) is 1. The van der Waals surface area contributed by atoms with E-state index in [0.717, 1.165) is 15.6 Å². The summed E-state index contributed by atoms with van der Waals surface area (Å²) < 4.78 is 0. The fraction of sp³-hybridized carbons (Fsp3) is 0.176. The second-order valence-corrected chi connectivity index (χ2v) is 6.37. The zero-order chi connectivity index (χ0) is 14.8. The van der Waals surface area contributed by atoms with E-state index in [-0.39, 0.29) is 11.9 Å². The molecular formula is C17H16N2OS. The van der Waals surface area contributed by atoms with Crippen LogP contribution in [0.3, 0.4) is 0 Å². The first-order valence-electron chi connectivity index (χ1n) is 6.85. The first-order chi connectivity index (χ1) is 10.1. The summed E-state index contributed by atoms with van der Waals surface area (Å²) >= 11 is 1.71. The minimum Gasteiger partial charge on any atom is -0.345 e. The molecule has 3 nitrogen and oxygen atoms in total. The number of aryl methyl sites for hydroxylation is 1. The standard InChI is InChI=1S/C17H16N2OS/c1-11-7-8-16(21-11)12(2)19-17(20)15-10-18-9-13-5-3-4-6-14(13)15/h3-10,12H,1-2H3,(H,19,20). The van der Waals surface area contributed by atoms with Crippen molar-refractivity contribution in [2.75, 3.05) is 0 Å². The summed E-state index contributed by atoms with van der Waals surface area (Å²) in [5, 5.41) is 4.96. The average molecular weight is 296 g/mol. The monoisotopic (exact) mass is 296 g/mol. The number of thiophene rings is 1. The number of aromatic nitrogens is 1. The highest BCUT2D eigenvalue weighted by atomic mass is 32.1. The Bertz CT molecular complexity index is 789. The molecule has 0 saturated heterocycles. The van der Waals surface area contributed by atoms with Crippen molar-refractivity contribution in [2.45, 2.75) is 19.9 Å². The first kappa shape index (κ1) is 13.8. The molecule has 3 rings (SSSR count). The van der Waals surface area contributed by atoms with E-state index in [1.165, 1.54) is 4.88 Å². The molecule has 21 heavy (non-hydrogen) atoms. The minimum atomic E-state index is -0.0853. The van der Waals surface area contributed by atoms with Crippen molar-refractivity contribution in [3.05, 3.63) is 64.1 Å². The summed E-state index contributed by atoms with van der Waals surface area (Å²) in [6.07, 6.45) is 3.40. The van der Waals surface area contributed by atoms with Gasteiger partial charge in [0.2, 0.25) is 0 Å². The van der Waals surface area contributed by atoms with Crippen LogP contribution in [0.15, 0.2) is 48.8 Å². The number of nitrogens with one attached hydrogen (secondary N) is 1. The highest BCUT2D eigenvalue weighted by Gasteiger charge is 2.15. The third kappa shape index (κ3) is 2.81. The molecule has 0 aliphatic carbocycles. The second-order valence-electron chi connectivity index (χ2n) is 5.05. The van der Waals surface area contributed by atoms with Gasteiger partial charge in [0.05, 0.1) is 11.6 Å². The smallest absolute Gasteiger partial charge is 0.253 e. The maximum absolute atomic E-state index is 12.5. The highest BCUT2D eigenvalue weighted by Crippen LogP contribution is 2.23. The van der Waals surface area contributed by atoms with E-state index >= 15 is 0 Å². The molecule has 0 radical (unpaired) electrons. The molecule has 1 aromatic carbocycles. The number of carbonyl (C=O) groups is 1. The van der Waals surface area contributed by atoms with Crippen LogP contribution in [0.4, 0.5) is 0 Å². The van der Waals surface area contributed by atoms with E-state index in [2.05, 4.69) is 29.4 Å². The van der Waals surface area contributed by atoms with Crippen LogP contribution in [-0.4, -0.2) is 10.9 Å². The zero-order valence-corrected chi connectivity index (χ0v) is 12.8. The molecule has 1 N–H and O–H groups in total. The fourth-order valence-electron chi connectivity index (χ4n) is 2.33. The van der Waals surface area contributed by atoms with Gasteiger partial charge in [-0.25, -0.2) is 0 Å². The maximum Gasteiger partial charge on any atom is 0.253 e. The number of rotatable bonds is 3. The summed E-state index contributed by atoms with van der Waals surface area (Å²) in [7, 11) is 0. The van der Waals surface area contributed by atoms with Gasteiger partial charge in [-0.2, -0.15) is 0 Å². The van der Waals surface area contributed by atoms with Gasteiger partial charge in [-0.15, -0.1) is 11.3 Å². The summed E-state index contributed by atoms with van der Waals surface area (Å²) in [6.45, 7) is 4.07. The normalized spacial score (nSPS) is 12.3. The molecule has 0 aliphatic heterocycles. The van der Waals surface area contributed by atoms with Crippen LogP contribution >= 0.6 is 11.3 Å². The van der Waals surface area contributed by atoms with Crippen molar-refractivity contribution in [1.82, 2.24) is 10.3 Å². The van der Waals surface area contributed by atoms with Crippen molar-refractivity contribution < 1.29 is 4.79 Å². The molecule has 2 aromatic heterocycles. The van der Waals surface area contributed by atoms with Crippen LogP contribution < -0.4 is 5.32 Å². The van der Waals surface area contributed by atoms with Gasteiger partial charge < -0.3 is 5.32 Å². The third-order valence-electron chi connectivity index (χ3n) is 3.45. The number of hydrogen-bond acceptors (Lipinski definition) is 3. The number of pyridine rings is 1. The van der Waals surface area contributed by atoms with E-state index in [1.807, 2.05) is 31.2 Å². The van der Waals surface area contributed by atoms with Gasteiger partial charge in [0, 0.05) is 27.5 Å². The topological polar surface area (TPSA) is 42.0 Å². The van der Waals surface area contributed by atoms with Crippen molar-refractivity contribution in [3.63, 3.8) is 0 Å². The number of amides is 1. The molecule has 4 heteroatoms. The average Bonchev–Trinajstić information content (AvgIpc) is 2.93. The van der Waals surface area contributed by atoms with Crippen LogP contribution in [-0.2, 0) is 0 Å². The molecular weight excluding hydrogens is 280 g/mol. The Morgan fingerprint density at radius 2 is 2.00 bits per heavy atom. The van der Waals surface area contributed by atoms with E-state index in [9.17, 15) is 4.79 Å². The molecule has 106 valence electrons. The number of hydrogen-bond donors (Lipinski definition) is 1. The molecule has 2 heterocycles. The number of carbonyl (C=O) groups excluding carboxylic acids is 1. The Labute approximate surface area is 127 Å². The second kappa shape index (κ2) is 5.66. The van der Waals surface area contributed by atoms with E-state index in [1.54, 1.807) is 23.7 Å². The molecule has 0 bridgehead atoms. The van der Waals surface area contributed by atoms with Crippen molar-refractivity contribution >= 4 is 28.0 Å². The Morgan fingerprint density at radius 1 is 1.19 bits per heavy atom. The van der Waals surface area contributed by atoms with Gasteiger partial charge in [0.1, 0.15) is 0 Å². The third-order valence-corrected chi connectivity index (χ3v) is 4.63. The largest absolute Gasteiger partial charge is 0.345 e. The molecule has 0 aliphatic rings. The van der Waals surface area contributed by atoms with Crippen LogP contribution in [0.2, 0.25) is 0 Å². The van der Waals surface area contributed by atoms with Crippen LogP contribution in [0.25, 0.3) is 10.8 Å². The van der Waals surface area contributed by atoms with Gasteiger partial charge in [0.15, 0.2) is 0 Å².